The second-order valence-electron chi connectivity index (χ2n) is 4.05. The summed E-state index contributed by atoms with van der Waals surface area (Å²) >= 11 is 7.39. The summed E-state index contributed by atoms with van der Waals surface area (Å²) in [4.78, 5) is 18.2. The monoisotopic (exact) mass is 306 g/mol. The smallest absolute Gasteiger partial charge is 0.237 e. The van der Waals surface area contributed by atoms with Crippen molar-refractivity contribution in [1.29, 1.82) is 0 Å². The molecule has 0 saturated carbocycles. The van der Waals surface area contributed by atoms with Gasteiger partial charge in [-0.2, -0.15) is 0 Å². The van der Waals surface area contributed by atoms with Crippen LogP contribution in [0.5, 0.6) is 0 Å². The quantitative estimate of drug-likeness (QED) is 0.786. The van der Waals surface area contributed by atoms with E-state index in [9.17, 15) is 4.79 Å². The minimum absolute atomic E-state index is 0.0467. The van der Waals surface area contributed by atoms with E-state index in [1.54, 1.807) is 23.2 Å². The molecule has 1 amide bonds. The van der Waals surface area contributed by atoms with Crippen LogP contribution >= 0.6 is 23.4 Å². The van der Waals surface area contributed by atoms with Crippen LogP contribution in [0.3, 0.4) is 0 Å². The lowest BCUT2D eigenvalue weighted by Crippen LogP contribution is -2.32. The molecule has 0 saturated heterocycles. The van der Waals surface area contributed by atoms with Crippen LogP contribution in [0.25, 0.3) is 0 Å². The molecule has 0 radical (unpaired) electrons. The maximum Gasteiger partial charge on any atom is 0.237 e. The van der Waals surface area contributed by atoms with Gasteiger partial charge < -0.3 is 4.90 Å². The van der Waals surface area contributed by atoms with Gasteiger partial charge in [0, 0.05) is 18.4 Å². The number of aromatic nitrogens is 1. The number of nitrogens with zero attached hydrogens (tertiary/aromatic N) is 2. The summed E-state index contributed by atoms with van der Waals surface area (Å²) in [7, 11) is 0. The third-order valence-corrected chi connectivity index (χ3v) is 4.15. The molecule has 0 unspecified atom stereocenters. The minimum Gasteiger partial charge on any atom is -0.312 e. The van der Waals surface area contributed by atoms with E-state index in [-0.39, 0.29) is 5.91 Å². The molecule has 0 N–H and O–H groups in total. The summed E-state index contributed by atoms with van der Waals surface area (Å²) in [6.07, 6.45) is 1.67. The Morgan fingerprint density at radius 2 is 2.00 bits per heavy atom. The lowest BCUT2D eigenvalue weighted by atomic mass is 10.3. The molecule has 5 heteroatoms. The first-order valence-electron chi connectivity index (χ1n) is 6.31. The Morgan fingerprint density at radius 1 is 1.25 bits per heavy atom. The van der Waals surface area contributed by atoms with Crippen LogP contribution in [-0.4, -0.2) is 23.2 Å². The van der Waals surface area contributed by atoms with Gasteiger partial charge in [-0.05, 0) is 31.2 Å². The zero-order valence-electron chi connectivity index (χ0n) is 11.1. The number of thioether (sulfide) groups is 1. The van der Waals surface area contributed by atoms with E-state index in [1.807, 2.05) is 37.3 Å². The zero-order chi connectivity index (χ0) is 14.4. The van der Waals surface area contributed by atoms with Crippen molar-refractivity contribution in [1.82, 2.24) is 4.98 Å². The van der Waals surface area contributed by atoms with Gasteiger partial charge in [0.1, 0.15) is 5.03 Å². The van der Waals surface area contributed by atoms with Crippen LogP contribution in [-0.2, 0) is 4.79 Å². The normalized spacial score (nSPS) is 10.3. The van der Waals surface area contributed by atoms with Gasteiger partial charge in [-0.1, -0.05) is 41.6 Å². The van der Waals surface area contributed by atoms with Crippen molar-refractivity contribution in [2.45, 2.75) is 11.9 Å². The van der Waals surface area contributed by atoms with Gasteiger partial charge in [0.15, 0.2) is 0 Å². The van der Waals surface area contributed by atoms with E-state index < -0.39 is 0 Å². The minimum atomic E-state index is 0.0467. The molecule has 1 heterocycles. The summed E-state index contributed by atoms with van der Waals surface area (Å²) in [5, 5.41) is 1.26. The number of rotatable bonds is 5. The number of carbonyl (C=O) groups is 1. The summed E-state index contributed by atoms with van der Waals surface area (Å²) in [5.41, 5.74) is 0.910. The highest BCUT2D eigenvalue weighted by atomic mass is 35.5. The molecule has 0 bridgehead atoms. The molecular formula is C15H15ClN2OS. The molecule has 0 atom stereocenters. The molecule has 2 rings (SSSR count). The molecule has 104 valence electrons. The van der Waals surface area contributed by atoms with Crippen molar-refractivity contribution < 1.29 is 4.79 Å². The first-order valence-corrected chi connectivity index (χ1v) is 7.67. The number of benzene rings is 1. The van der Waals surface area contributed by atoms with Gasteiger partial charge >= 0.3 is 0 Å². The zero-order valence-corrected chi connectivity index (χ0v) is 12.7. The number of pyridine rings is 1. The molecule has 0 fully saturated rings. The molecular weight excluding hydrogens is 292 g/mol. The van der Waals surface area contributed by atoms with Crippen molar-refractivity contribution in [2.24, 2.45) is 0 Å². The summed E-state index contributed by atoms with van der Waals surface area (Å²) < 4.78 is 0. The van der Waals surface area contributed by atoms with E-state index in [4.69, 9.17) is 11.6 Å². The topological polar surface area (TPSA) is 33.2 Å². The van der Waals surface area contributed by atoms with E-state index in [0.717, 1.165) is 5.69 Å². The van der Waals surface area contributed by atoms with Gasteiger partial charge in [-0.3, -0.25) is 4.79 Å². The van der Waals surface area contributed by atoms with Crippen LogP contribution < -0.4 is 4.90 Å². The Hall–Kier alpha value is -1.52. The molecule has 1 aromatic carbocycles. The van der Waals surface area contributed by atoms with Crippen molar-refractivity contribution in [3.05, 3.63) is 53.7 Å². The summed E-state index contributed by atoms with van der Waals surface area (Å²) in [6, 6.07) is 13.2. The second kappa shape index (κ2) is 7.31. The fourth-order valence-corrected chi connectivity index (χ4v) is 2.84. The molecule has 20 heavy (non-hydrogen) atoms. The van der Waals surface area contributed by atoms with Gasteiger partial charge in [0.05, 0.1) is 10.8 Å². The van der Waals surface area contributed by atoms with Crippen LogP contribution in [0, 0.1) is 0 Å². The Kier molecular flexibility index (Phi) is 5.44. The van der Waals surface area contributed by atoms with Crippen molar-refractivity contribution in [3.8, 4) is 0 Å². The van der Waals surface area contributed by atoms with Crippen molar-refractivity contribution in [2.75, 3.05) is 17.2 Å². The Bertz CT molecular complexity index is 577. The molecule has 2 aromatic rings. The summed E-state index contributed by atoms with van der Waals surface area (Å²) in [6.45, 7) is 2.60. The first-order chi connectivity index (χ1) is 9.72. The van der Waals surface area contributed by atoms with Crippen LogP contribution in [0.1, 0.15) is 6.92 Å². The molecule has 0 aliphatic heterocycles. The SMILES string of the molecule is CCN(C(=O)CSc1ncccc1Cl)c1ccccc1. The first kappa shape index (κ1) is 14.9. The number of hydrogen-bond acceptors (Lipinski definition) is 3. The standard InChI is InChI=1S/C15H15ClN2OS/c1-2-18(12-7-4-3-5-8-12)14(19)11-20-15-13(16)9-6-10-17-15/h3-10H,2,11H2,1H3. The average molecular weight is 307 g/mol. The second-order valence-corrected chi connectivity index (χ2v) is 5.42. The highest BCUT2D eigenvalue weighted by Crippen LogP contribution is 2.25. The van der Waals surface area contributed by atoms with Crippen molar-refractivity contribution in [3.63, 3.8) is 0 Å². The number of para-hydroxylation sites is 1. The van der Waals surface area contributed by atoms with Gasteiger partial charge in [-0.15, -0.1) is 0 Å². The van der Waals surface area contributed by atoms with E-state index >= 15 is 0 Å². The molecule has 1 aromatic heterocycles. The number of anilines is 1. The molecule has 3 nitrogen and oxygen atoms in total. The fourth-order valence-electron chi connectivity index (χ4n) is 1.80. The van der Waals surface area contributed by atoms with Crippen LogP contribution in [0.15, 0.2) is 53.7 Å². The average Bonchev–Trinajstić information content (AvgIpc) is 2.48. The van der Waals surface area contributed by atoms with E-state index in [0.29, 0.717) is 22.3 Å². The van der Waals surface area contributed by atoms with Crippen LogP contribution in [0.2, 0.25) is 5.02 Å². The third kappa shape index (κ3) is 3.74. The highest BCUT2D eigenvalue weighted by Gasteiger charge is 2.14. The van der Waals surface area contributed by atoms with Gasteiger partial charge in [0.2, 0.25) is 5.91 Å². The Balaban J connectivity index is 2.02. The Morgan fingerprint density at radius 3 is 2.65 bits per heavy atom. The highest BCUT2D eigenvalue weighted by molar-refractivity contribution is 8.00. The van der Waals surface area contributed by atoms with Crippen molar-refractivity contribution >= 4 is 35.0 Å². The number of carbonyl (C=O) groups excluding carboxylic acids is 1. The molecule has 0 spiro atoms. The maximum atomic E-state index is 12.3. The fraction of sp³-hybridized carbons (Fsp3) is 0.200. The van der Waals surface area contributed by atoms with Gasteiger partial charge in [-0.25, -0.2) is 4.98 Å². The van der Waals surface area contributed by atoms with Gasteiger partial charge in [0.25, 0.3) is 0 Å². The number of amides is 1. The third-order valence-electron chi connectivity index (χ3n) is 2.74. The van der Waals surface area contributed by atoms with E-state index in [2.05, 4.69) is 4.98 Å². The molecule has 0 aliphatic rings. The summed E-state index contributed by atoms with van der Waals surface area (Å²) in [5.74, 6) is 0.366. The number of halogens is 1. The lowest BCUT2D eigenvalue weighted by molar-refractivity contribution is -0.116. The lowest BCUT2D eigenvalue weighted by Gasteiger charge is -2.20. The van der Waals surface area contributed by atoms with E-state index in [1.165, 1.54) is 11.8 Å². The maximum absolute atomic E-state index is 12.3. The Labute approximate surface area is 128 Å². The number of hydrogen-bond donors (Lipinski definition) is 0. The predicted octanol–water partition coefficient (Wildman–Crippen LogP) is 3.88. The largest absolute Gasteiger partial charge is 0.312 e. The van der Waals surface area contributed by atoms with Crippen LogP contribution in [0.4, 0.5) is 5.69 Å². The molecule has 0 aliphatic carbocycles. The predicted molar refractivity (Wildman–Crippen MR) is 84.4 cm³/mol.